The standard InChI is InChI=1S/C16H24O2/c1-15(2,3)14(17)13-11-16(13,18)10-9-12-7-5-4-6-8-12/h4-8,13-14,17-18H,9-11H2,1-3H3/t13-,14+,16-/m0/s1. The van der Waals surface area contributed by atoms with Crippen molar-refractivity contribution in [3.05, 3.63) is 35.9 Å². The predicted octanol–water partition coefficient (Wildman–Crippen LogP) is 2.78. The zero-order valence-corrected chi connectivity index (χ0v) is 11.6. The van der Waals surface area contributed by atoms with Crippen molar-refractivity contribution in [3.8, 4) is 0 Å². The van der Waals surface area contributed by atoms with Crippen LogP contribution in [0, 0.1) is 11.3 Å². The lowest BCUT2D eigenvalue weighted by Gasteiger charge is -2.27. The first-order valence-electron chi connectivity index (χ1n) is 6.77. The SMILES string of the molecule is CC(C)(C)[C@H](O)[C@@H]1C[C@@]1(O)CCc1ccccc1. The van der Waals surface area contributed by atoms with E-state index in [4.69, 9.17) is 0 Å². The van der Waals surface area contributed by atoms with E-state index < -0.39 is 11.7 Å². The average molecular weight is 248 g/mol. The summed E-state index contributed by atoms with van der Waals surface area (Å²) in [5.41, 5.74) is 0.451. The van der Waals surface area contributed by atoms with Crippen molar-refractivity contribution in [3.63, 3.8) is 0 Å². The van der Waals surface area contributed by atoms with Crippen LogP contribution in [0.25, 0.3) is 0 Å². The van der Waals surface area contributed by atoms with Crippen molar-refractivity contribution in [2.75, 3.05) is 0 Å². The molecule has 0 spiro atoms. The summed E-state index contributed by atoms with van der Waals surface area (Å²) in [6.45, 7) is 6.06. The molecule has 18 heavy (non-hydrogen) atoms. The van der Waals surface area contributed by atoms with Crippen molar-refractivity contribution in [1.82, 2.24) is 0 Å². The molecule has 0 amide bonds. The number of aryl methyl sites for hydroxylation is 1. The Balaban J connectivity index is 1.89. The van der Waals surface area contributed by atoms with E-state index in [1.165, 1.54) is 5.56 Å². The Hall–Kier alpha value is -0.860. The van der Waals surface area contributed by atoms with Crippen molar-refractivity contribution in [2.24, 2.45) is 11.3 Å². The minimum absolute atomic E-state index is 0.0428. The summed E-state index contributed by atoms with van der Waals surface area (Å²) in [5, 5.41) is 20.6. The molecule has 0 aromatic heterocycles. The van der Waals surface area contributed by atoms with Gasteiger partial charge < -0.3 is 10.2 Å². The van der Waals surface area contributed by atoms with Gasteiger partial charge in [-0.25, -0.2) is 0 Å². The molecule has 2 heteroatoms. The molecule has 0 bridgehead atoms. The van der Waals surface area contributed by atoms with Gasteiger partial charge in [-0.2, -0.15) is 0 Å². The van der Waals surface area contributed by atoms with Gasteiger partial charge in [0.1, 0.15) is 0 Å². The Morgan fingerprint density at radius 1 is 1.28 bits per heavy atom. The molecular weight excluding hydrogens is 224 g/mol. The molecule has 1 fully saturated rings. The van der Waals surface area contributed by atoms with Gasteiger partial charge in [0.15, 0.2) is 0 Å². The second kappa shape index (κ2) is 4.67. The van der Waals surface area contributed by atoms with Crippen LogP contribution in [0.15, 0.2) is 30.3 Å². The Labute approximate surface area is 110 Å². The van der Waals surface area contributed by atoms with Crippen LogP contribution in [0.4, 0.5) is 0 Å². The first kappa shape index (κ1) is 13.6. The molecule has 3 atom stereocenters. The number of hydrogen-bond donors (Lipinski definition) is 2. The average Bonchev–Trinajstić information content (AvgIpc) is 2.99. The zero-order valence-electron chi connectivity index (χ0n) is 11.6. The van der Waals surface area contributed by atoms with Gasteiger partial charge in [0, 0.05) is 5.92 Å². The van der Waals surface area contributed by atoms with Crippen LogP contribution in [0.5, 0.6) is 0 Å². The quantitative estimate of drug-likeness (QED) is 0.860. The molecule has 0 radical (unpaired) electrons. The summed E-state index contributed by atoms with van der Waals surface area (Å²) in [7, 11) is 0. The lowest BCUT2D eigenvalue weighted by molar-refractivity contribution is 0.00526. The van der Waals surface area contributed by atoms with E-state index in [0.29, 0.717) is 0 Å². The molecule has 0 saturated heterocycles. The van der Waals surface area contributed by atoms with Crippen molar-refractivity contribution in [2.45, 2.75) is 51.7 Å². The molecule has 1 aromatic rings. The number of rotatable bonds is 4. The van der Waals surface area contributed by atoms with E-state index in [0.717, 1.165) is 19.3 Å². The minimum Gasteiger partial charge on any atom is -0.392 e. The molecule has 1 aliphatic rings. The van der Waals surface area contributed by atoms with Crippen LogP contribution in [-0.2, 0) is 6.42 Å². The first-order chi connectivity index (χ1) is 8.33. The zero-order chi connectivity index (χ0) is 13.4. The monoisotopic (exact) mass is 248 g/mol. The summed E-state index contributed by atoms with van der Waals surface area (Å²) in [6, 6.07) is 10.2. The number of benzene rings is 1. The third kappa shape index (κ3) is 2.93. The van der Waals surface area contributed by atoms with Crippen molar-refractivity contribution >= 4 is 0 Å². The van der Waals surface area contributed by atoms with Crippen molar-refractivity contribution in [1.29, 1.82) is 0 Å². The van der Waals surface area contributed by atoms with Gasteiger partial charge in [-0.1, -0.05) is 51.1 Å². The van der Waals surface area contributed by atoms with Crippen LogP contribution < -0.4 is 0 Å². The number of aliphatic hydroxyl groups is 2. The Morgan fingerprint density at radius 3 is 2.44 bits per heavy atom. The normalized spacial score (nSPS) is 29.1. The van der Waals surface area contributed by atoms with Crippen LogP contribution in [0.1, 0.15) is 39.2 Å². The molecule has 2 rings (SSSR count). The highest BCUT2D eigenvalue weighted by Gasteiger charge is 2.57. The van der Waals surface area contributed by atoms with E-state index in [9.17, 15) is 10.2 Å². The largest absolute Gasteiger partial charge is 0.392 e. The van der Waals surface area contributed by atoms with Gasteiger partial charge in [0.05, 0.1) is 11.7 Å². The Morgan fingerprint density at radius 2 is 1.89 bits per heavy atom. The summed E-state index contributed by atoms with van der Waals surface area (Å²) < 4.78 is 0. The third-order valence-corrected chi connectivity index (χ3v) is 4.06. The predicted molar refractivity (Wildman–Crippen MR) is 73.3 cm³/mol. The fourth-order valence-corrected chi connectivity index (χ4v) is 2.62. The number of aliphatic hydroxyl groups excluding tert-OH is 1. The highest BCUT2D eigenvalue weighted by atomic mass is 16.3. The fourth-order valence-electron chi connectivity index (χ4n) is 2.62. The summed E-state index contributed by atoms with van der Waals surface area (Å²) in [5.74, 6) is 0.0428. The van der Waals surface area contributed by atoms with E-state index in [-0.39, 0.29) is 11.3 Å². The van der Waals surface area contributed by atoms with Crippen LogP contribution in [-0.4, -0.2) is 21.9 Å². The molecule has 1 aromatic carbocycles. The molecule has 2 N–H and O–H groups in total. The van der Waals surface area contributed by atoms with Gasteiger partial charge in [-0.15, -0.1) is 0 Å². The third-order valence-electron chi connectivity index (χ3n) is 4.06. The van der Waals surface area contributed by atoms with Crippen LogP contribution in [0.3, 0.4) is 0 Å². The first-order valence-corrected chi connectivity index (χ1v) is 6.77. The molecule has 0 aliphatic heterocycles. The fraction of sp³-hybridized carbons (Fsp3) is 0.625. The lowest BCUT2D eigenvalue weighted by atomic mass is 9.84. The second-order valence-corrected chi connectivity index (χ2v) is 6.71. The smallest absolute Gasteiger partial charge is 0.0709 e. The molecule has 1 aliphatic carbocycles. The molecule has 0 unspecified atom stereocenters. The van der Waals surface area contributed by atoms with Gasteiger partial charge in [-0.3, -0.25) is 0 Å². The van der Waals surface area contributed by atoms with E-state index in [2.05, 4.69) is 12.1 Å². The molecule has 100 valence electrons. The van der Waals surface area contributed by atoms with Gasteiger partial charge >= 0.3 is 0 Å². The van der Waals surface area contributed by atoms with Crippen molar-refractivity contribution < 1.29 is 10.2 Å². The van der Waals surface area contributed by atoms with Gasteiger partial charge in [0.2, 0.25) is 0 Å². The summed E-state index contributed by atoms with van der Waals surface area (Å²) in [6.07, 6.45) is 1.94. The molecule has 1 saturated carbocycles. The van der Waals surface area contributed by atoms with E-state index in [1.807, 2.05) is 39.0 Å². The maximum absolute atomic E-state index is 10.4. The topological polar surface area (TPSA) is 40.5 Å². The lowest BCUT2D eigenvalue weighted by Crippen LogP contribution is -2.32. The molecular formula is C16H24O2. The number of hydrogen-bond acceptors (Lipinski definition) is 2. The highest BCUT2D eigenvalue weighted by Crippen LogP contribution is 2.52. The highest BCUT2D eigenvalue weighted by molar-refractivity contribution is 5.17. The Kier molecular flexibility index (Phi) is 3.52. The molecule has 0 heterocycles. The summed E-state index contributed by atoms with van der Waals surface area (Å²) >= 11 is 0. The Bertz CT molecular complexity index is 393. The maximum Gasteiger partial charge on any atom is 0.0709 e. The van der Waals surface area contributed by atoms with Crippen LogP contribution in [0.2, 0.25) is 0 Å². The van der Waals surface area contributed by atoms with Crippen LogP contribution >= 0.6 is 0 Å². The van der Waals surface area contributed by atoms with E-state index >= 15 is 0 Å². The second-order valence-electron chi connectivity index (χ2n) is 6.71. The van der Waals surface area contributed by atoms with Gasteiger partial charge in [0.25, 0.3) is 0 Å². The maximum atomic E-state index is 10.4. The molecule has 2 nitrogen and oxygen atoms in total. The van der Waals surface area contributed by atoms with Gasteiger partial charge in [-0.05, 0) is 30.2 Å². The minimum atomic E-state index is -0.650. The van der Waals surface area contributed by atoms with E-state index in [1.54, 1.807) is 0 Å². The summed E-state index contributed by atoms with van der Waals surface area (Å²) in [4.78, 5) is 0.